The Morgan fingerprint density at radius 2 is 2.04 bits per heavy atom. The van der Waals surface area contributed by atoms with Crippen LogP contribution in [0.25, 0.3) is 0 Å². The Hall–Kier alpha value is -1.56. The fraction of sp³-hybridized carbons (Fsp3) is 0.789. The molecule has 0 spiro atoms. The lowest BCUT2D eigenvalue weighted by molar-refractivity contribution is 0.130. The van der Waals surface area contributed by atoms with Crippen molar-refractivity contribution in [3.63, 3.8) is 0 Å². The number of guanidine groups is 1. The lowest BCUT2D eigenvalue weighted by Gasteiger charge is -2.22. The van der Waals surface area contributed by atoms with Crippen molar-refractivity contribution in [1.82, 2.24) is 20.0 Å². The maximum atomic E-state index is 5.60. The Balaban J connectivity index is 2.58. The van der Waals surface area contributed by atoms with Crippen LogP contribution in [-0.2, 0) is 18.3 Å². The number of hydrogen-bond donors (Lipinski definition) is 1. The zero-order chi connectivity index (χ0) is 18.7. The van der Waals surface area contributed by atoms with E-state index in [-0.39, 0.29) is 0 Å². The third kappa shape index (κ3) is 7.90. The number of unbranched alkanes of at least 4 members (excludes halogenated alkanes) is 1. The number of nitrogens with one attached hydrogen (secondary N) is 1. The van der Waals surface area contributed by atoms with Gasteiger partial charge in [-0.25, -0.2) is 0 Å². The summed E-state index contributed by atoms with van der Waals surface area (Å²) in [6.45, 7) is 12.7. The van der Waals surface area contributed by atoms with E-state index in [0.717, 1.165) is 57.3 Å². The standard InChI is InChI=1S/C19H37N5O/c1-7-9-12-25-13-10-11-21-19(20-8-2)23(5)14-17-15-24(6)22-18(17)16(3)4/h15-16H,7-14H2,1-6H3,(H,20,21). The predicted octanol–water partition coefficient (Wildman–Crippen LogP) is 3.15. The van der Waals surface area contributed by atoms with Crippen LogP contribution in [0.3, 0.4) is 0 Å². The first-order valence-electron chi connectivity index (χ1n) is 9.59. The van der Waals surface area contributed by atoms with Crippen molar-refractivity contribution in [2.24, 2.45) is 12.0 Å². The summed E-state index contributed by atoms with van der Waals surface area (Å²) in [7, 11) is 4.06. The van der Waals surface area contributed by atoms with Crippen LogP contribution >= 0.6 is 0 Å². The van der Waals surface area contributed by atoms with E-state index in [2.05, 4.69) is 56.3 Å². The summed E-state index contributed by atoms with van der Waals surface area (Å²) in [4.78, 5) is 6.90. The molecule has 144 valence electrons. The van der Waals surface area contributed by atoms with Crippen molar-refractivity contribution in [3.05, 3.63) is 17.5 Å². The van der Waals surface area contributed by atoms with E-state index < -0.39 is 0 Å². The molecule has 0 atom stereocenters. The molecule has 6 heteroatoms. The van der Waals surface area contributed by atoms with Crippen LogP contribution in [-0.4, -0.2) is 54.0 Å². The molecule has 0 aliphatic rings. The van der Waals surface area contributed by atoms with Gasteiger partial charge in [0.25, 0.3) is 0 Å². The van der Waals surface area contributed by atoms with Crippen LogP contribution in [0.15, 0.2) is 11.2 Å². The zero-order valence-electron chi connectivity index (χ0n) is 17.0. The Morgan fingerprint density at radius 1 is 1.32 bits per heavy atom. The van der Waals surface area contributed by atoms with Crippen molar-refractivity contribution in [2.75, 3.05) is 33.4 Å². The van der Waals surface area contributed by atoms with E-state index in [0.29, 0.717) is 5.92 Å². The predicted molar refractivity (Wildman–Crippen MR) is 105 cm³/mol. The van der Waals surface area contributed by atoms with Crippen LogP contribution in [0, 0.1) is 0 Å². The summed E-state index contributed by atoms with van der Waals surface area (Å²) < 4.78 is 7.50. The quantitative estimate of drug-likeness (QED) is 0.378. The molecule has 1 rings (SSSR count). The summed E-state index contributed by atoms with van der Waals surface area (Å²) >= 11 is 0. The van der Waals surface area contributed by atoms with Crippen molar-refractivity contribution < 1.29 is 4.74 Å². The van der Waals surface area contributed by atoms with Gasteiger partial charge < -0.3 is 15.0 Å². The molecule has 0 aliphatic heterocycles. The lowest BCUT2D eigenvalue weighted by Crippen LogP contribution is -2.38. The molecule has 25 heavy (non-hydrogen) atoms. The van der Waals surface area contributed by atoms with Crippen molar-refractivity contribution in [3.8, 4) is 0 Å². The molecule has 0 saturated heterocycles. The van der Waals surface area contributed by atoms with Gasteiger partial charge in [-0.05, 0) is 25.7 Å². The number of aliphatic imine (C=N–C) groups is 1. The molecule has 0 aliphatic carbocycles. The molecule has 6 nitrogen and oxygen atoms in total. The van der Waals surface area contributed by atoms with Gasteiger partial charge in [-0.1, -0.05) is 27.2 Å². The summed E-state index contributed by atoms with van der Waals surface area (Å²) in [5, 5.41) is 7.97. The molecule has 1 heterocycles. The summed E-state index contributed by atoms with van der Waals surface area (Å²) in [6, 6.07) is 0. The van der Waals surface area contributed by atoms with Crippen LogP contribution < -0.4 is 5.32 Å². The third-order valence-electron chi connectivity index (χ3n) is 3.94. The topological polar surface area (TPSA) is 54.7 Å². The van der Waals surface area contributed by atoms with Crippen molar-refractivity contribution >= 4 is 5.96 Å². The minimum Gasteiger partial charge on any atom is -0.381 e. The highest BCUT2D eigenvalue weighted by molar-refractivity contribution is 5.79. The molecule has 1 aromatic rings. The smallest absolute Gasteiger partial charge is 0.193 e. The fourth-order valence-corrected chi connectivity index (χ4v) is 2.66. The molecule has 0 fully saturated rings. The van der Waals surface area contributed by atoms with Crippen LogP contribution in [0.1, 0.15) is 64.1 Å². The number of rotatable bonds is 11. The third-order valence-corrected chi connectivity index (χ3v) is 3.94. The maximum absolute atomic E-state index is 5.60. The molecule has 0 aromatic carbocycles. The van der Waals surface area contributed by atoms with Crippen molar-refractivity contribution in [1.29, 1.82) is 0 Å². The number of ether oxygens (including phenoxy) is 1. The average molecular weight is 352 g/mol. The zero-order valence-corrected chi connectivity index (χ0v) is 17.0. The van der Waals surface area contributed by atoms with Crippen LogP contribution in [0.4, 0.5) is 0 Å². The summed E-state index contributed by atoms with van der Waals surface area (Å²) in [6.07, 6.45) is 5.38. The van der Waals surface area contributed by atoms with Gasteiger partial charge in [-0.2, -0.15) is 5.10 Å². The first-order valence-corrected chi connectivity index (χ1v) is 9.59. The Morgan fingerprint density at radius 3 is 2.68 bits per heavy atom. The summed E-state index contributed by atoms with van der Waals surface area (Å²) in [5.74, 6) is 1.36. The molecule has 1 aromatic heterocycles. The van der Waals surface area contributed by atoms with Gasteiger partial charge in [0.2, 0.25) is 0 Å². The monoisotopic (exact) mass is 351 g/mol. The van der Waals surface area contributed by atoms with Gasteiger partial charge in [-0.3, -0.25) is 9.67 Å². The van der Waals surface area contributed by atoms with Gasteiger partial charge >= 0.3 is 0 Å². The van der Waals surface area contributed by atoms with Crippen LogP contribution in [0.5, 0.6) is 0 Å². The van der Waals surface area contributed by atoms with E-state index in [1.165, 1.54) is 12.0 Å². The molecular formula is C19H37N5O. The molecule has 0 saturated carbocycles. The first-order chi connectivity index (χ1) is 12.0. The van der Waals surface area contributed by atoms with Gasteiger partial charge in [0.15, 0.2) is 5.96 Å². The van der Waals surface area contributed by atoms with E-state index in [1.807, 2.05) is 11.7 Å². The van der Waals surface area contributed by atoms with Gasteiger partial charge in [-0.15, -0.1) is 0 Å². The molecule has 0 radical (unpaired) electrons. The largest absolute Gasteiger partial charge is 0.381 e. The van der Waals surface area contributed by atoms with E-state index in [9.17, 15) is 0 Å². The van der Waals surface area contributed by atoms with Gasteiger partial charge in [0.05, 0.1) is 5.69 Å². The Labute approximate surface area is 153 Å². The minimum atomic E-state index is 0.421. The average Bonchev–Trinajstić information content (AvgIpc) is 2.93. The van der Waals surface area contributed by atoms with Crippen LogP contribution in [0.2, 0.25) is 0 Å². The van der Waals surface area contributed by atoms with Gasteiger partial charge in [0, 0.05) is 58.7 Å². The van der Waals surface area contributed by atoms with Gasteiger partial charge in [0.1, 0.15) is 0 Å². The number of nitrogens with zero attached hydrogens (tertiary/aromatic N) is 4. The summed E-state index contributed by atoms with van der Waals surface area (Å²) in [5.41, 5.74) is 2.42. The first kappa shape index (κ1) is 21.5. The Kier molecular flexibility index (Phi) is 10.2. The highest BCUT2D eigenvalue weighted by Crippen LogP contribution is 2.18. The lowest BCUT2D eigenvalue weighted by atomic mass is 10.1. The second kappa shape index (κ2) is 11.9. The normalized spacial score (nSPS) is 12.0. The maximum Gasteiger partial charge on any atom is 0.193 e. The second-order valence-corrected chi connectivity index (χ2v) is 6.78. The molecule has 0 unspecified atom stereocenters. The second-order valence-electron chi connectivity index (χ2n) is 6.78. The Bertz CT molecular complexity index is 510. The molecule has 1 N–H and O–H groups in total. The van der Waals surface area contributed by atoms with E-state index in [1.54, 1.807) is 0 Å². The highest BCUT2D eigenvalue weighted by atomic mass is 16.5. The SMILES string of the molecule is CCCCOCCCN=C(NCC)N(C)Cc1cn(C)nc1C(C)C. The number of aryl methyl sites for hydroxylation is 1. The number of aromatic nitrogens is 2. The molecular weight excluding hydrogens is 314 g/mol. The number of hydrogen-bond acceptors (Lipinski definition) is 3. The van der Waals surface area contributed by atoms with E-state index >= 15 is 0 Å². The molecule has 0 amide bonds. The minimum absolute atomic E-state index is 0.421. The highest BCUT2D eigenvalue weighted by Gasteiger charge is 2.14. The fourth-order valence-electron chi connectivity index (χ4n) is 2.66. The van der Waals surface area contributed by atoms with E-state index in [4.69, 9.17) is 9.73 Å². The van der Waals surface area contributed by atoms with Crippen molar-refractivity contribution in [2.45, 2.75) is 59.4 Å². The molecule has 0 bridgehead atoms.